The van der Waals surface area contributed by atoms with Crippen LogP contribution in [-0.4, -0.2) is 27.7 Å². The molecule has 4 nitrogen and oxygen atoms in total. The Morgan fingerprint density at radius 2 is 2.05 bits per heavy atom. The molecular weight excluding hydrogens is 274 g/mol. The number of benzene rings is 1. The third-order valence-corrected chi connectivity index (χ3v) is 4.98. The van der Waals surface area contributed by atoms with Gasteiger partial charge >= 0.3 is 0 Å². The zero-order valence-corrected chi connectivity index (χ0v) is 13.0. The van der Waals surface area contributed by atoms with E-state index in [1.165, 1.54) is 6.92 Å². The molecule has 1 aromatic carbocycles. The largest absolute Gasteiger partial charge is 0.310 e. The van der Waals surface area contributed by atoms with Gasteiger partial charge in [-0.05, 0) is 31.9 Å². The Kier molecular flexibility index (Phi) is 4.09. The Balaban J connectivity index is 2.58. The number of carbonyl (C=O) groups excluding carboxylic acids is 2. The van der Waals surface area contributed by atoms with Crippen molar-refractivity contribution in [2.24, 2.45) is 5.92 Å². The van der Waals surface area contributed by atoms with Gasteiger partial charge in [0.2, 0.25) is 5.91 Å². The summed E-state index contributed by atoms with van der Waals surface area (Å²) >= 11 is 0. The molecule has 1 aliphatic rings. The topological polar surface area (TPSA) is 54.5 Å². The first-order chi connectivity index (χ1) is 9.32. The Morgan fingerprint density at radius 1 is 1.40 bits per heavy atom. The van der Waals surface area contributed by atoms with E-state index in [2.05, 4.69) is 0 Å². The molecule has 20 heavy (non-hydrogen) atoms. The van der Waals surface area contributed by atoms with Gasteiger partial charge in [-0.3, -0.25) is 13.8 Å². The maximum absolute atomic E-state index is 12.4. The summed E-state index contributed by atoms with van der Waals surface area (Å²) in [6.45, 7) is 7.79. The second-order valence-corrected chi connectivity index (χ2v) is 7.26. The molecule has 0 aromatic heterocycles. The molecule has 0 radical (unpaired) electrons. The van der Waals surface area contributed by atoms with Gasteiger partial charge in [-0.25, -0.2) is 0 Å². The van der Waals surface area contributed by atoms with Gasteiger partial charge in [-0.15, -0.1) is 0 Å². The molecule has 0 fully saturated rings. The van der Waals surface area contributed by atoms with Crippen molar-refractivity contribution < 1.29 is 13.8 Å². The van der Waals surface area contributed by atoms with Crippen LogP contribution in [0.4, 0.5) is 5.69 Å². The number of nitrogens with zero attached hydrogens (tertiary/aromatic N) is 1. The minimum absolute atomic E-state index is 0.0610. The van der Waals surface area contributed by atoms with E-state index < -0.39 is 16.0 Å². The lowest BCUT2D eigenvalue weighted by molar-refractivity contribution is -0.118. The quantitative estimate of drug-likeness (QED) is 0.804. The second kappa shape index (κ2) is 5.48. The maximum Gasteiger partial charge on any atom is 0.242 e. The summed E-state index contributed by atoms with van der Waals surface area (Å²) in [4.78, 5) is 26.2. The molecule has 0 spiro atoms. The van der Waals surface area contributed by atoms with Gasteiger partial charge in [0.15, 0.2) is 5.78 Å². The van der Waals surface area contributed by atoms with Crippen LogP contribution in [0.1, 0.15) is 38.1 Å². The van der Waals surface area contributed by atoms with E-state index in [-0.39, 0.29) is 11.7 Å². The molecule has 5 heteroatoms. The van der Waals surface area contributed by atoms with Gasteiger partial charge < -0.3 is 4.90 Å². The predicted molar refractivity (Wildman–Crippen MR) is 79.5 cm³/mol. The first kappa shape index (κ1) is 14.9. The van der Waals surface area contributed by atoms with E-state index in [0.29, 0.717) is 28.6 Å². The normalized spacial score (nSPS) is 22.1. The molecule has 1 heterocycles. The molecule has 0 bridgehead atoms. The number of Topliss-reactive ketones (excluding diaryl/α,β-unsaturated/α-hetero) is 1. The fourth-order valence-electron chi connectivity index (χ4n) is 2.29. The number of ketones is 1. The molecule has 0 saturated heterocycles. The molecule has 0 saturated carbocycles. The SMILES string of the molecule is CC(=O)c1ccc2c(c1)N(CC(C)C)C(=O)C(C)S2=O. The van der Waals surface area contributed by atoms with Crippen molar-refractivity contribution in [1.29, 1.82) is 0 Å². The average molecular weight is 293 g/mol. The first-order valence-electron chi connectivity index (χ1n) is 6.70. The van der Waals surface area contributed by atoms with Crippen LogP contribution >= 0.6 is 0 Å². The zero-order valence-electron chi connectivity index (χ0n) is 12.2. The van der Waals surface area contributed by atoms with Gasteiger partial charge in [0.05, 0.1) is 21.4 Å². The van der Waals surface area contributed by atoms with E-state index in [9.17, 15) is 13.8 Å². The number of hydrogen-bond donors (Lipinski definition) is 0. The highest BCUT2D eigenvalue weighted by molar-refractivity contribution is 7.86. The van der Waals surface area contributed by atoms with E-state index >= 15 is 0 Å². The second-order valence-electron chi connectivity index (χ2n) is 5.52. The third-order valence-electron chi connectivity index (χ3n) is 3.36. The maximum atomic E-state index is 12.4. The Labute approximate surface area is 121 Å². The summed E-state index contributed by atoms with van der Waals surface area (Å²) in [5, 5.41) is -0.538. The highest BCUT2D eigenvalue weighted by Crippen LogP contribution is 2.33. The van der Waals surface area contributed by atoms with Gasteiger partial charge in [0.1, 0.15) is 5.25 Å². The fraction of sp³-hybridized carbons (Fsp3) is 0.467. The van der Waals surface area contributed by atoms with Crippen LogP contribution < -0.4 is 4.90 Å². The number of hydrogen-bond acceptors (Lipinski definition) is 3. The molecule has 1 aromatic rings. The van der Waals surface area contributed by atoms with E-state index in [0.717, 1.165) is 0 Å². The zero-order chi connectivity index (χ0) is 15.0. The first-order valence-corrected chi connectivity index (χ1v) is 7.91. The Morgan fingerprint density at radius 3 is 2.60 bits per heavy atom. The number of carbonyl (C=O) groups is 2. The summed E-state index contributed by atoms with van der Waals surface area (Å²) in [5.41, 5.74) is 1.16. The summed E-state index contributed by atoms with van der Waals surface area (Å²) in [6.07, 6.45) is 0. The molecule has 2 unspecified atom stereocenters. The molecule has 108 valence electrons. The van der Waals surface area contributed by atoms with Crippen molar-refractivity contribution in [2.45, 2.75) is 37.8 Å². The van der Waals surface area contributed by atoms with Gasteiger partial charge in [-0.1, -0.05) is 19.9 Å². The van der Waals surface area contributed by atoms with Gasteiger partial charge in [0, 0.05) is 12.1 Å². The van der Waals surface area contributed by atoms with Crippen molar-refractivity contribution in [3.63, 3.8) is 0 Å². The van der Waals surface area contributed by atoms with Crippen LogP contribution in [0.2, 0.25) is 0 Å². The van der Waals surface area contributed by atoms with Crippen molar-refractivity contribution in [2.75, 3.05) is 11.4 Å². The molecular formula is C15H19NO3S. The van der Waals surface area contributed by atoms with Crippen molar-refractivity contribution in [1.82, 2.24) is 0 Å². The highest BCUT2D eigenvalue weighted by Gasteiger charge is 2.36. The minimum Gasteiger partial charge on any atom is -0.310 e. The molecule has 2 rings (SSSR count). The van der Waals surface area contributed by atoms with Gasteiger partial charge in [-0.2, -0.15) is 0 Å². The minimum atomic E-state index is -1.35. The van der Waals surface area contributed by atoms with E-state index in [4.69, 9.17) is 0 Å². The van der Waals surface area contributed by atoms with Crippen LogP contribution in [-0.2, 0) is 15.6 Å². The van der Waals surface area contributed by atoms with Crippen molar-refractivity contribution >= 4 is 28.2 Å². The highest BCUT2D eigenvalue weighted by atomic mass is 32.2. The lowest BCUT2D eigenvalue weighted by atomic mass is 10.1. The van der Waals surface area contributed by atoms with Crippen molar-refractivity contribution in [3.05, 3.63) is 23.8 Å². The fourth-order valence-corrected chi connectivity index (χ4v) is 3.56. The summed E-state index contributed by atoms with van der Waals surface area (Å²) in [5.74, 6) is 0.103. The molecule has 0 aliphatic carbocycles. The van der Waals surface area contributed by atoms with Crippen LogP contribution in [0.15, 0.2) is 23.1 Å². The van der Waals surface area contributed by atoms with Gasteiger partial charge in [0.25, 0.3) is 0 Å². The van der Waals surface area contributed by atoms with E-state index in [1.54, 1.807) is 30.0 Å². The number of anilines is 1. The monoisotopic (exact) mass is 293 g/mol. The lowest BCUT2D eigenvalue weighted by Crippen LogP contribution is -2.46. The molecule has 1 aliphatic heterocycles. The smallest absolute Gasteiger partial charge is 0.242 e. The van der Waals surface area contributed by atoms with Crippen molar-refractivity contribution in [3.8, 4) is 0 Å². The van der Waals surface area contributed by atoms with Crippen LogP contribution in [0.25, 0.3) is 0 Å². The summed E-state index contributed by atoms with van der Waals surface area (Å²) in [6, 6.07) is 5.06. The van der Waals surface area contributed by atoms with Crippen LogP contribution in [0.5, 0.6) is 0 Å². The molecule has 2 atom stereocenters. The Bertz CT molecular complexity index is 595. The Hall–Kier alpha value is -1.49. The van der Waals surface area contributed by atoms with E-state index in [1.807, 2.05) is 13.8 Å². The predicted octanol–water partition coefficient (Wildman–Crippen LogP) is 2.39. The molecule has 0 N–H and O–H groups in total. The number of fused-ring (bicyclic) bond motifs is 1. The molecule has 1 amide bonds. The number of rotatable bonds is 3. The lowest BCUT2D eigenvalue weighted by Gasteiger charge is -2.33. The van der Waals surface area contributed by atoms with Crippen LogP contribution in [0.3, 0.4) is 0 Å². The van der Waals surface area contributed by atoms with Crippen LogP contribution in [0, 0.1) is 5.92 Å². The summed E-state index contributed by atoms with van der Waals surface area (Å²) < 4.78 is 12.3. The third kappa shape index (κ3) is 2.54. The summed E-state index contributed by atoms with van der Waals surface area (Å²) in [7, 11) is -1.35. The standard InChI is InChI=1S/C15H19NO3S/c1-9(2)8-16-13-7-12(10(3)17)5-6-14(13)20(19)11(4)15(16)18/h5-7,9,11H,8H2,1-4H3. The number of amides is 1. The average Bonchev–Trinajstić information content (AvgIpc) is 2.40.